The van der Waals surface area contributed by atoms with Crippen LogP contribution < -0.4 is 10.2 Å². The Morgan fingerprint density at radius 1 is 1.18 bits per heavy atom. The average Bonchev–Trinajstić information content (AvgIpc) is 2.94. The SMILES string of the molecule is c1cnc(N2CCNCC2)c(-n2ccnc2)c1. The normalized spacial score (nSPS) is 16.1. The molecule has 0 saturated carbocycles. The molecule has 0 atom stereocenters. The van der Waals surface area contributed by atoms with E-state index < -0.39 is 0 Å². The Hall–Kier alpha value is -1.88. The number of anilines is 1. The summed E-state index contributed by atoms with van der Waals surface area (Å²) in [6.07, 6.45) is 7.39. The fourth-order valence-electron chi connectivity index (χ4n) is 2.11. The van der Waals surface area contributed by atoms with Crippen molar-refractivity contribution in [3.63, 3.8) is 0 Å². The van der Waals surface area contributed by atoms with Gasteiger partial charge < -0.3 is 14.8 Å². The van der Waals surface area contributed by atoms with Crippen molar-refractivity contribution in [3.8, 4) is 5.69 Å². The number of aromatic nitrogens is 3. The van der Waals surface area contributed by atoms with Gasteiger partial charge in [-0.15, -0.1) is 0 Å². The molecule has 1 aliphatic heterocycles. The number of imidazole rings is 1. The first-order valence-corrected chi connectivity index (χ1v) is 5.84. The Morgan fingerprint density at radius 2 is 2.06 bits per heavy atom. The molecule has 5 heteroatoms. The number of nitrogens with zero attached hydrogens (tertiary/aromatic N) is 4. The smallest absolute Gasteiger partial charge is 0.152 e. The maximum atomic E-state index is 4.51. The highest BCUT2D eigenvalue weighted by atomic mass is 15.2. The summed E-state index contributed by atoms with van der Waals surface area (Å²) >= 11 is 0. The monoisotopic (exact) mass is 229 g/mol. The molecule has 0 aliphatic carbocycles. The van der Waals surface area contributed by atoms with Crippen molar-refractivity contribution in [3.05, 3.63) is 37.1 Å². The summed E-state index contributed by atoms with van der Waals surface area (Å²) in [5.41, 5.74) is 1.09. The highest BCUT2D eigenvalue weighted by Gasteiger charge is 2.15. The molecule has 88 valence electrons. The molecule has 2 aromatic heterocycles. The molecule has 3 rings (SSSR count). The van der Waals surface area contributed by atoms with Crippen LogP contribution in [0.4, 0.5) is 5.82 Å². The molecule has 0 spiro atoms. The van der Waals surface area contributed by atoms with Gasteiger partial charge in [-0.3, -0.25) is 0 Å². The lowest BCUT2D eigenvalue weighted by molar-refractivity contribution is 0.584. The van der Waals surface area contributed by atoms with Crippen LogP contribution in [0, 0.1) is 0 Å². The molecule has 1 N–H and O–H groups in total. The molecular weight excluding hydrogens is 214 g/mol. The van der Waals surface area contributed by atoms with Gasteiger partial charge in [0.05, 0.1) is 12.0 Å². The Kier molecular flexibility index (Phi) is 2.75. The van der Waals surface area contributed by atoms with Crippen LogP contribution in [0.3, 0.4) is 0 Å². The summed E-state index contributed by atoms with van der Waals surface area (Å²) < 4.78 is 2.00. The lowest BCUT2D eigenvalue weighted by Gasteiger charge is -2.29. The van der Waals surface area contributed by atoms with E-state index in [1.54, 1.807) is 6.20 Å². The van der Waals surface area contributed by atoms with Crippen LogP contribution in [-0.2, 0) is 0 Å². The first-order chi connectivity index (χ1) is 8.45. The van der Waals surface area contributed by atoms with Crippen molar-refractivity contribution < 1.29 is 0 Å². The quantitative estimate of drug-likeness (QED) is 0.822. The predicted molar refractivity (Wildman–Crippen MR) is 66.4 cm³/mol. The molecule has 0 bridgehead atoms. The Morgan fingerprint density at radius 3 is 2.82 bits per heavy atom. The zero-order valence-electron chi connectivity index (χ0n) is 9.58. The van der Waals surface area contributed by atoms with E-state index in [4.69, 9.17) is 0 Å². The van der Waals surface area contributed by atoms with Gasteiger partial charge in [-0.2, -0.15) is 0 Å². The van der Waals surface area contributed by atoms with E-state index in [-0.39, 0.29) is 0 Å². The first kappa shape index (κ1) is 10.3. The summed E-state index contributed by atoms with van der Waals surface area (Å²) in [5.74, 6) is 1.03. The van der Waals surface area contributed by atoms with Crippen LogP contribution in [0.5, 0.6) is 0 Å². The summed E-state index contributed by atoms with van der Waals surface area (Å²) in [6, 6.07) is 4.03. The van der Waals surface area contributed by atoms with Crippen LogP contribution in [0.2, 0.25) is 0 Å². The molecule has 0 radical (unpaired) electrons. The molecule has 1 fully saturated rings. The van der Waals surface area contributed by atoms with E-state index in [2.05, 4.69) is 26.3 Å². The second-order valence-electron chi connectivity index (χ2n) is 4.05. The number of hydrogen-bond donors (Lipinski definition) is 1. The summed E-state index contributed by atoms with van der Waals surface area (Å²) in [7, 11) is 0. The summed E-state index contributed by atoms with van der Waals surface area (Å²) in [5, 5.41) is 3.35. The van der Waals surface area contributed by atoms with Gasteiger partial charge in [-0.25, -0.2) is 9.97 Å². The van der Waals surface area contributed by atoms with Crippen molar-refractivity contribution >= 4 is 5.82 Å². The molecule has 1 aliphatic rings. The summed E-state index contributed by atoms with van der Waals surface area (Å²) in [6.45, 7) is 4.03. The number of piperazine rings is 1. The number of nitrogens with one attached hydrogen (secondary N) is 1. The van der Waals surface area contributed by atoms with Crippen LogP contribution in [-0.4, -0.2) is 40.7 Å². The van der Waals surface area contributed by atoms with Crippen molar-refractivity contribution in [2.75, 3.05) is 31.1 Å². The van der Waals surface area contributed by atoms with Crippen molar-refractivity contribution in [2.24, 2.45) is 0 Å². The Balaban J connectivity index is 1.98. The predicted octanol–water partition coefficient (Wildman–Crippen LogP) is 0.677. The van der Waals surface area contributed by atoms with Crippen molar-refractivity contribution in [1.82, 2.24) is 19.9 Å². The van der Waals surface area contributed by atoms with Gasteiger partial charge in [-0.05, 0) is 12.1 Å². The van der Waals surface area contributed by atoms with Crippen LogP contribution >= 0.6 is 0 Å². The minimum atomic E-state index is 0.999. The standard InChI is InChI=1S/C12H15N5/c1-2-11(17-9-6-14-10-17)12(15-3-1)16-7-4-13-5-8-16/h1-3,6,9-10,13H,4-5,7-8H2. The first-order valence-electron chi connectivity index (χ1n) is 5.84. The lowest BCUT2D eigenvalue weighted by Crippen LogP contribution is -2.44. The molecule has 0 aromatic carbocycles. The van der Waals surface area contributed by atoms with Crippen LogP contribution in [0.25, 0.3) is 5.69 Å². The Labute approximate surface area is 100 Å². The fraction of sp³-hybridized carbons (Fsp3) is 0.333. The molecule has 1 saturated heterocycles. The van der Waals surface area contributed by atoms with E-state index in [0.29, 0.717) is 0 Å². The zero-order chi connectivity index (χ0) is 11.5. The van der Waals surface area contributed by atoms with Crippen molar-refractivity contribution in [1.29, 1.82) is 0 Å². The molecule has 2 aromatic rings. The molecule has 0 unspecified atom stereocenters. The Bertz CT molecular complexity index is 473. The number of hydrogen-bond acceptors (Lipinski definition) is 4. The van der Waals surface area contributed by atoms with Gasteiger partial charge in [0.25, 0.3) is 0 Å². The van der Waals surface area contributed by atoms with E-state index in [1.807, 2.05) is 29.4 Å². The van der Waals surface area contributed by atoms with Gasteiger partial charge in [-0.1, -0.05) is 0 Å². The van der Waals surface area contributed by atoms with E-state index >= 15 is 0 Å². The van der Waals surface area contributed by atoms with Crippen molar-refractivity contribution in [2.45, 2.75) is 0 Å². The minimum Gasteiger partial charge on any atom is -0.352 e. The van der Waals surface area contributed by atoms with E-state index in [0.717, 1.165) is 37.7 Å². The molecule has 17 heavy (non-hydrogen) atoms. The molecular formula is C12H15N5. The van der Waals surface area contributed by atoms with Gasteiger partial charge >= 0.3 is 0 Å². The molecule has 3 heterocycles. The van der Waals surface area contributed by atoms with E-state index in [1.165, 1.54) is 0 Å². The van der Waals surface area contributed by atoms with E-state index in [9.17, 15) is 0 Å². The number of rotatable bonds is 2. The second kappa shape index (κ2) is 4.55. The largest absolute Gasteiger partial charge is 0.352 e. The van der Waals surface area contributed by atoms with Crippen LogP contribution in [0.15, 0.2) is 37.1 Å². The fourth-order valence-corrected chi connectivity index (χ4v) is 2.11. The molecule has 5 nitrogen and oxygen atoms in total. The highest BCUT2D eigenvalue weighted by molar-refractivity contribution is 5.57. The second-order valence-corrected chi connectivity index (χ2v) is 4.05. The average molecular weight is 229 g/mol. The van der Waals surface area contributed by atoms with Crippen LogP contribution in [0.1, 0.15) is 0 Å². The third kappa shape index (κ3) is 2.01. The maximum Gasteiger partial charge on any atom is 0.152 e. The minimum absolute atomic E-state index is 0.999. The maximum absolute atomic E-state index is 4.51. The van der Waals surface area contributed by atoms with Gasteiger partial charge in [0.1, 0.15) is 0 Å². The zero-order valence-corrected chi connectivity index (χ0v) is 9.58. The molecule has 0 amide bonds. The van der Waals surface area contributed by atoms with Gasteiger partial charge in [0, 0.05) is 44.8 Å². The number of pyridine rings is 1. The third-order valence-electron chi connectivity index (χ3n) is 2.97. The third-order valence-corrected chi connectivity index (χ3v) is 2.97. The lowest BCUT2D eigenvalue weighted by atomic mass is 10.3. The topological polar surface area (TPSA) is 46.0 Å². The van der Waals surface area contributed by atoms with Gasteiger partial charge in [0.15, 0.2) is 5.82 Å². The highest BCUT2D eigenvalue weighted by Crippen LogP contribution is 2.21. The summed E-state index contributed by atoms with van der Waals surface area (Å²) in [4.78, 5) is 10.9. The van der Waals surface area contributed by atoms with Gasteiger partial charge in [0.2, 0.25) is 0 Å².